The second kappa shape index (κ2) is 7.91. The maximum absolute atomic E-state index is 12.8. The van der Waals surface area contributed by atoms with Gasteiger partial charge in [-0.05, 0) is 56.2 Å². The molecular formula is C21H23N5O3S. The smallest absolute Gasteiger partial charge is 0.264 e. The van der Waals surface area contributed by atoms with E-state index in [0.717, 1.165) is 24.2 Å². The minimum atomic E-state index is -3.67. The molecule has 30 heavy (non-hydrogen) atoms. The Labute approximate surface area is 175 Å². The highest BCUT2D eigenvalue weighted by atomic mass is 32.2. The molecule has 9 heteroatoms. The summed E-state index contributed by atoms with van der Waals surface area (Å²) >= 11 is 0. The van der Waals surface area contributed by atoms with Crippen molar-refractivity contribution in [3.63, 3.8) is 0 Å². The number of benzene rings is 2. The van der Waals surface area contributed by atoms with Crippen LogP contribution in [0, 0.1) is 6.92 Å². The van der Waals surface area contributed by atoms with Gasteiger partial charge in [0.1, 0.15) is 6.33 Å². The van der Waals surface area contributed by atoms with Crippen LogP contribution in [0.2, 0.25) is 0 Å². The van der Waals surface area contributed by atoms with E-state index in [9.17, 15) is 13.2 Å². The third-order valence-corrected chi connectivity index (χ3v) is 6.97. The summed E-state index contributed by atoms with van der Waals surface area (Å²) in [5.74, 6) is 0.474. The monoisotopic (exact) mass is 425 g/mol. The number of aromatic nitrogens is 3. The fraction of sp³-hybridized carbons (Fsp3) is 0.286. The zero-order valence-electron chi connectivity index (χ0n) is 16.8. The third kappa shape index (κ3) is 4.06. The molecule has 0 spiro atoms. The van der Waals surface area contributed by atoms with Crippen LogP contribution in [0.4, 0.5) is 5.69 Å². The normalized spacial score (nSPS) is 13.8. The first-order valence-corrected chi connectivity index (χ1v) is 11.1. The number of sulfonamides is 1. The molecule has 1 heterocycles. The predicted octanol–water partition coefficient (Wildman–Crippen LogP) is 2.68. The van der Waals surface area contributed by atoms with E-state index in [0.29, 0.717) is 23.8 Å². The molecule has 0 aliphatic heterocycles. The van der Waals surface area contributed by atoms with E-state index in [1.807, 2.05) is 11.5 Å². The van der Waals surface area contributed by atoms with Gasteiger partial charge in [-0.15, -0.1) is 10.2 Å². The van der Waals surface area contributed by atoms with Gasteiger partial charge in [-0.3, -0.25) is 9.10 Å². The van der Waals surface area contributed by atoms with E-state index in [2.05, 4.69) is 15.5 Å². The average Bonchev–Trinajstić information content (AvgIpc) is 3.49. The fourth-order valence-electron chi connectivity index (χ4n) is 3.14. The molecule has 4 rings (SSSR count). The molecule has 156 valence electrons. The molecule has 1 aliphatic rings. The largest absolute Gasteiger partial charge is 0.345 e. The van der Waals surface area contributed by atoms with Crippen molar-refractivity contribution in [2.45, 2.75) is 37.2 Å². The van der Waals surface area contributed by atoms with Crippen LogP contribution in [0.3, 0.4) is 0 Å². The lowest BCUT2D eigenvalue weighted by Crippen LogP contribution is -2.27. The summed E-state index contributed by atoms with van der Waals surface area (Å²) in [6.45, 7) is 2.19. The van der Waals surface area contributed by atoms with Crippen molar-refractivity contribution in [3.05, 3.63) is 71.8 Å². The van der Waals surface area contributed by atoms with Crippen molar-refractivity contribution in [2.75, 3.05) is 11.4 Å². The van der Waals surface area contributed by atoms with E-state index >= 15 is 0 Å². The van der Waals surface area contributed by atoms with E-state index < -0.39 is 10.0 Å². The molecule has 1 aliphatic carbocycles. The van der Waals surface area contributed by atoms with E-state index in [-0.39, 0.29) is 10.8 Å². The van der Waals surface area contributed by atoms with Crippen LogP contribution < -0.4 is 9.62 Å². The number of amides is 1. The van der Waals surface area contributed by atoms with Gasteiger partial charge in [0.2, 0.25) is 0 Å². The van der Waals surface area contributed by atoms with Gasteiger partial charge in [0.15, 0.2) is 5.82 Å². The molecule has 1 amide bonds. The summed E-state index contributed by atoms with van der Waals surface area (Å²) in [6, 6.07) is 13.6. The van der Waals surface area contributed by atoms with Gasteiger partial charge in [-0.2, -0.15) is 0 Å². The Morgan fingerprint density at radius 1 is 1.13 bits per heavy atom. The topological polar surface area (TPSA) is 97.2 Å². The Kier molecular flexibility index (Phi) is 5.29. The molecule has 8 nitrogen and oxygen atoms in total. The summed E-state index contributed by atoms with van der Waals surface area (Å²) in [7, 11) is -2.18. The number of hydrogen-bond acceptors (Lipinski definition) is 5. The summed E-state index contributed by atoms with van der Waals surface area (Å²) in [6.07, 6.45) is 3.91. The number of carbonyl (C=O) groups excluding carboxylic acids is 1. The highest BCUT2D eigenvalue weighted by Crippen LogP contribution is 2.35. The molecule has 0 radical (unpaired) electrons. The van der Waals surface area contributed by atoms with Crippen molar-refractivity contribution in [3.8, 4) is 0 Å². The lowest BCUT2D eigenvalue weighted by Gasteiger charge is -2.20. The minimum Gasteiger partial charge on any atom is -0.345 e. The minimum absolute atomic E-state index is 0.220. The highest BCUT2D eigenvalue weighted by Gasteiger charge is 2.26. The van der Waals surface area contributed by atoms with Crippen LogP contribution in [0.5, 0.6) is 0 Å². The fourth-order valence-corrected chi connectivity index (χ4v) is 4.34. The lowest BCUT2D eigenvalue weighted by molar-refractivity contribution is 0.0949. The van der Waals surface area contributed by atoms with Gasteiger partial charge in [-0.1, -0.05) is 17.7 Å². The van der Waals surface area contributed by atoms with Crippen molar-refractivity contribution < 1.29 is 13.2 Å². The molecular weight excluding hydrogens is 402 g/mol. The van der Waals surface area contributed by atoms with Crippen LogP contribution in [0.1, 0.15) is 40.6 Å². The quantitative estimate of drug-likeness (QED) is 0.628. The number of nitrogens with zero attached hydrogens (tertiary/aromatic N) is 4. The highest BCUT2D eigenvalue weighted by molar-refractivity contribution is 7.92. The number of hydrogen-bond donors (Lipinski definition) is 1. The molecule has 1 N–H and O–H groups in total. The number of nitrogens with one attached hydrogen (secondary N) is 1. The van der Waals surface area contributed by atoms with Crippen molar-refractivity contribution in [2.24, 2.45) is 0 Å². The van der Waals surface area contributed by atoms with Gasteiger partial charge in [-0.25, -0.2) is 8.42 Å². The zero-order chi connectivity index (χ0) is 21.3. The van der Waals surface area contributed by atoms with Gasteiger partial charge in [0.05, 0.1) is 17.1 Å². The van der Waals surface area contributed by atoms with E-state index in [4.69, 9.17) is 0 Å². The maximum atomic E-state index is 12.8. The molecule has 1 saturated carbocycles. The molecule has 1 aromatic heterocycles. The van der Waals surface area contributed by atoms with Gasteiger partial charge < -0.3 is 9.88 Å². The third-order valence-electron chi connectivity index (χ3n) is 5.17. The van der Waals surface area contributed by atoms with Gasteiger partial charge in [0, 0.05) is 18.7 Å². The van der Waals surface area contributed by atoms with Crippen LogP contribution in [-0.2, 0) is 16.6 Å². The molecule has 3 aromatic rings. The number of aryl methyl sites for hydroxylation is 1. The Hall–Kier alpha value is -3.20. The van der Waals surface area contributed by atoms with E-state index in [1.165, 1.54) is 11.4 Å². The molecule has 0 unspecified atom stereocenters. The Morgan fingerprint density at radius 3 is 2.43 bits per heavy atom. The van der Waals surface area contributed by atoms with Crippen LogP contribution in [0.15, 0.2) is 59.8 Å². The van der Waals surface area contributed by atoms with Gasteiger partial charge >= 0.3 is 0 Å². The Morgan fingerprint density at radius 2 is 1.80 bits per heavy atom. The van der Waals surface area contributed by atoms with E-state index in [1.54, 1.807) is 54.9 Å². The summed E-state index contributed by atoms with van der Waals surface area (Å²) in [5, 5.41) is 10.8. The summed E-state index contributed by atoms with van der Waals surface area (Å²) in [4.78, 5) is 12.7. The second-order valence-corrected chi connectivity index (χ2v) is 9.37. The van der Waals surface area contributed by atoms with Crippen LogP contribution in [0.25, 0.3) is 0 Å². The van der Waals surface area contributed by atoms with Crippen LogP contribution in [-0.4, -0.2) is 36.1 Å². The number of anilines is 1. The standard InChI is InChI=1S/C21H23N5O3S/c1-15-3-11-19(12-4-15)30(28,29)25(2)17-7-5-16(6-8-17)21(27)22-13-20-24-23-14-26(20)18-9-10-18/h3-8,11-12,14,18H,9-10,13H2,1-2H3,(H,22,27). The predicted molar refractivity (Wildman–Crippen MR) is 113 cm³/mol. The van der Waals surface area contributed by atoms with Gasteiger partial charge in [0.25, 0.3) is 15.9 Å². The first-order valence-electron chi connectivity index (χ1n) is 9.68. The molecule has 0 bridgehead atoms. The van der Waals surface area contributed by atoms with Crippen LogP contribution >= 0.6 is 0 Å². The second-order valence-electron chi connectivity index (χ2n) is 7.40. The van der Waals surface area contributed by atoms with Crippen molar-refractivity contribution in [1.29, 1.82) is 0 Å². The van der Waals surface area contributed by atoms with Crippen molar-refractivity contribution >= 4 is 21.6 Å². The number of rotatable bonds is 7. The Balaban J connectivity index is 1.43. The Bertz CT molecular complexity index is 1150. The number of carbonyl (C=O) groups is 1. The molecule has 2 aromatic carbocycles. The zero-order valence-corrected chi connectivity index (χ0v) is 17.6. The maximum Gasteiger partial charge on any atom is 0.264 e. The molecule has 0 atom stereocenters. The first-order chi connectivity index (χ1) is 14.4. The molecule has 1 fully saturated rings. The van der Waals surface area contributed by atoms with Crippen molar-refractivity contribution in [1.82, 2.24) is 20.1 Å². The lowest BCUT2D eigenvalue weighted by atomic mass is 10.2. The first kappa shape index (κ1) is 20.1. The average molecular weight is 426 g/mol. The summed E-state index contributed by atoms with van der Waals surface area (Å²) in [5.41, 5.74) is 1.90. The summed E-state index contributed by atoms with van der Waals surface area (Å²) < 4.78 is 28.8. The molecule has 0 saturated heterocycles. The SMILES string of the molecule is Cc1ccc(S(=O)(=O)N(C)c2ccc(C(=O)NCc3nncn3C3CC3)cc2)cc1.